The van der Waals surface area contributed by atoms with Gasteiger partial charge in [0.25, 0.3) is 5.91 Å². The van der Waals surface area contributed by atoms with E-state index in [4.69, 9.17) is 16.3 Å². The molecule has 3 aromatic carbocycles. The molecule has 1 aliphatic rings. The molecule has 0 aliphatic carbocycles. The van der Waals surface area contributed by atoms with E-state index in [-0.39, 0.29) is 11.1 Å². The van der Waals surface area contributed by atoms with E-state index in [9.17, 15) is 9.59 Å². The number of benzene rings is 3. The fourth-order valence-corrected chi connectivity index (χ4v) is 4.17. The Balaban J connectivity index is 1.47. The largest absolute Gasteiger partial charge is 0.487 e. The molecule has 3 aromatic rings. The summed E-state index contributed by atoms with van der Waals surface area (Å²) in [5.74, 6) is -0.102. The lowest BCUT2D eigenvalue weighted by Crippen LogP contribution is -2.23. The molecule has 0 saturated carbocycles. The van der Waals surface area contributed by atoms with Crippen LogP contribution in [0.15, 0.2) is 70.6 Å². The molecule has 0 aromatic heterocycles. The summed E-state index contributed by atoms with van der Waals surface area (Å²) in [4.78, 5) is 27.4. The minimum Gasteiger partial charge on any atom is -0.487 e. The van der Waals surface area contributed by atoms with Gasteiger partial charge >= 0.3 is 0 Å². The smallest absolute Gasteiger partial charge is 0.286 e. The summed E-state index contributed by atoms with van der Waals surface area (Å²) >= 11 is 7.52. The number of ether oxygens (including phenoxy) is 1. The van der Waals surface area contributed by atoms with Gasteiger partial charge in [-0.3, -0.25) is 9.59 Å². The molecule has 1 N–H and O–H groups in total. The molecule has 30 heavy (non-hydrogen) atoms. The standard InChI is InChI=1S/C23H17ClN2O3S/c1-14(27)25-23-26-22(28)21(30-23)12-15-9-10-20(19(24)11-15)29-13-17-7-4-6-16-5-2-3-8-18(16)17/h2-12H,13H2,1H3,(H,25,26,27,28)/b21-12-. The summed E-state index contributed by atoms with van der Waals surface area (Å²) in [6, 6.07) is 19.6. The predicted molar refractivity (Wildman–Crippen MR) is 122 cm³/mol. The maximum Gasteiger partial charge on any atom is 0.286 e. The molecule has 7 heteroatoms. The molecular weight excluding hydrogens is 420 g/mol. The van der Waals surface area contributed by atoms with Gasteiger partial charge in [-0.05, 0) is 51.9 Å². The number of hydrogen-bond donors (Lipinski definition) is 1. The zero-order valence-electron chi connectivity index (χ0n) is 16.0. The SMILES string of the molecule is CC(=O)NC1=NC(=O)/C(=C/c2ccc(OCc3cccc4ccccc34)c(Cl)c2)S1. The van der Waals surface area contributed by atoms with Gasteiger partial charge in [0.1, 0.15) is 12.4 Å². The number of carbonyl (C=O) groups excluding carboxylic acids is 2. The molecule has 0 fully saturated rings. The van der Waals surface area contributed by atoms with E-state index in [1.807, 2.05) is 30.3 Å². The molecule has 0 radical (unpaired) electrons. The average Bonchev–Trinajstić information content (AvgIpc) is 3.05. The molecule has 150 valence electrons. The zero-order valence-corrected chi connectivity index (χ0v) is 17.6. The summed E-state index contributed by atoms with van der Waals surface area (Å²) in [5, 5.41) is 5.55. The molecule has 4 rings (SSSR count). The number of thioether (sulfide) groups is 1. The predicted octanol–water partition coefficient (Wildman–Crippen LogP) is 5.18. The summed E-state index contributed by atoms with van der Waals surface area (Å²) in [5.41, 5.74) is 1.82. The van der Waals surface area contributed by atoms with Crippen molar-refractivity contribution in [3.63, 3.8) is 0 Å². The van der Waals surface area contributed by atoms with E-state index < -0.39 is 5.91 Å². The second kappa shape index (κ2) is 8.73. The Bertz CT molecular complexity index is 1210. The Kier molecular flexibility index (Phi) is 5.88. The molecular formula is C23H17ClN2O3S. The summed E-state index contributed by atoms with van der Waals surface area (Å²) in [6.45, 7) is 1.76. The van der Waals surface area contributed by atoms with Crippen LogP contribution in [-0.2, 0) is 16.2 Å². The first kappa shape index (κ1) is 20.2. The van der Waals surface area contributed by atoms with Crippen molar-refractivity contribution >= 4 is 57.2 Å². The van der Waals surface area contributed by atoms with E-state index in [1.165, 1.54) is 6.92 Å². The van der Waals surface area contributed by atoms with E-state index in [1.54, 1.807) is 18.2 Å². The molecule has 0 spiro atoms. The van der Waals surface area contributed by atoms with Crippen molar-refractivity contribution in [2.75, 3.05) is 0 Å². The lowest BCUT2D eigenvalue weighted by Gasteiger charge is -2.11. The summed E-state index contributed by atoms with van der Waals surface area (Å²) < 4.78 is 5.94. The van der Waals surface area contributed by atoms with Gasteiger partial charge in [0, 0.05) is 6.92 Å². The van der Waals surface area contributed by atoms with Gasteiger partial charge in [-0.1, -0.05) is 60.1 Å². The van der Waals surface area contributed by atoms with Gasteiger partial charge in [-0.25, -0.2) is 0 Å². The Labute approximate surface area is 182 Å². The molecule has 5 nitrogen and oxygen atoms in total. The number of nitrogens with one attached hydrogen (secondary N) is 1. The number of rotatable bonds is 4. The molecule has 0 unspecified atom stereocenters. The Morgan fingerprint density at radius 3 is 2.77 bits per heavy atom. The summed E-state index contributed by atoms with van der Waals surface area (Å²) in [7, 11) is 0. The molecule has 0 atom stereocenters. The van der Waals surface area contributed by atoms with Crippen LogP contribution in [0.25, 0.3) is 16.8 Å². The van der Waals surface area contributed by atoms with Crippen LogP contribution in [0.3, 0.4) is 0 Å². The quantitative estimate of drug-likeness (QED) is 0.572. The van der Waals surface area contributed by atoms with E-state index in [0.717, 1.165) is 33.7 Å². The topological polar surface area (TPSA) is 67.8 Å². The highest BCUT2D eigenvalue weighted by atomic mass is 35.5. The Hall–Kier alpha value is -3.09. The van der Waals surface area contributed by atoms with Crippen LogP contribution >= 0.6 is 23.4 Å². The van der Waals surface area contributed by atoms with Gasteiger partial charge in [0.2, 0.25) is 5.91 Å². The first-order chi connectivity index (χ1) is 14.5. The molecule has 1 aliphatic heterocycles. The van der Waals surface area contributed by atoms with Crippen molar-refractivity contribution in [2.24, 2.45) is 4.99 Å². The minimum absolute atomic E-state index is 0.272. The van der Waals surface area contributed by atoms with Crippen molar-refractivity contribution in [3.05, 3.63) is 81.7 Å². The number of amides is 2. The third-order valence-corrected chi connectivity index (χ3v) is 5.61. The van der Waals surface area contributed by atoms with Crippen molar-refractivity contribution < 1.29 is 14.3 Å². The van der Waals surface area contributed by atoms with Gasteiger partial charge in [-0.15, -0.1) is 0 Å². The van der Waals surface area contributed by atoms with E-state index in [0.29, 0.717) is 22.3 Å². The number of hydrogen-bond acceptors (Lipinski definition) is 4. The highest BCUT2D eigenvalue weighted by molar-refractivity contribution is 8.18. The monoisotopic (exact) mass is 436 g/mol. The zero-order chi connectivity index (χ0) is 21.1. The fourth-order valence-electron chi connectivity index (χ4n) is 3.06. The maximum atomic E-state index is 12.0. The Morgan fingerprint density at radius 2 is 1.97 bits per heavy atom. The van der Waals surface area contributed by atoms with E-state index >= 15 is 0 Å². The van der Waals surface area contributed by atoms with Crippen molar-refractivity contribution in [1.29, 1.82) is 0 Å². The third kappa shape index (κ3) is 4.56. The van der Waals surface area contributed by atoms with Gasteiger partial charge in [-0.2, -0.15) is 4.99 Å². The molecule has 2 amide bonds. The fraction of sp³-hybridized carbons (Fsp3) is 0.0870. The lowest BCUT2D eigenvalue weighted by molar-refractivity contribution is -0.117. The third-order valence-electron chi connectivity index (χ3n) is 4.42. The van der Waals surface area contributed by atoms with Crippen LogP contribution in [0.1, 0.15) is 18.1 Å². The van der Waals surface area contributed by atoms with Crippen molar-refractivity contribution in [1.82, 2.24) is 5.32 Å². The second-order valence-electron chi connectivity index (χ2n) is 6.63. The number of carbonyl (C=O) groups is 2. The lowest BCUT2D eigenvalue weighted by atomic mass is 10.1. The van der Waals surface area contributed by atoms with Gasteiger partial charge < -0.3 is 10.1 Å². The maximum absolute atomic E-state index is 12.0. The van der Waals surface area contributed by atoms with Crippen LogP contribution in [-0.4, -0.2) is 17.0 Å². The number of aliphatic imine (C=N–C) groups is 1. The van der Waals surface area contributed by atoms with Crippen LogP contribution in [0, 0.1) is 0 Å². The van der Waals surface area contributed by atoms with Crippen molar-refractivity contribution in [2.45, 2.75) is 13.5 Å². The van der Waals surface area contributed by atoms with Gasteiger partial charge in [0.15, 0.2) is 5.17 Å². The van der Waals surface area contributed by atoms with Crippen LogP contribution in [0.4, 0.5) is 0 Å². The van der Waals surface area contributed by atoms with Crippen molar-refractivity contribution in [3.8, 4) is 5.75 Å². The molecule has 1 heterocycles. The number of nitrogens with zero attached hydrogens (tertiary/aromatic N) is 1. The van der Waals surface area contributed by atoms with Gasteiger partial charge in [0.05, 0.1) is 9.93 Å². The van der Waals surface area contributed by atoms with Crippen LogP contribution < -0.4 is 10.1 Å². The minimum atomic E-state index is -0.392. The molecule has 0 saturated heterocycles. The summed E-state index contributed by atoms with van der Waals surface area (Å²) in [6.07, 6.45) is 1.69. The average molecular weight is 437 g/mol. The van der Waals surface area contributed by atoms with E-state index in [2.05, 4.69) is 28.5 Å². The number of amidine groups is 1. The Morgan fingerprint density at radius 1 is 1.17 bits per heavy atom. The first-order valence-corrected chi connectivity index (χ1v) is 10.4. The van der Waals surface area contributed by atoms with Crippen LogP contribution in [0.2, 0.25) is 5.02 Å². The van der Waals surface area contributed by atoms with Crippen LogP contribution in [0.5, 0.6) is 5.75 Å². The first-order valence-electron chi connectivity index (χ1n) is 9.19. The highest BCUT2D eigenvalue weighted by Crippen LogP contribution is 2.31. The molecule has 0 bridgehead atoms. The number of halogens is 1. The highest BCUT2D eigenvalue weighted by Gasteiger charge is 2.22. The number of fused-ring (bicyclic) bond motifs is 1. The normalized spacial score (nSPS) is 14.8. The second-order valence-corrected chi connectivity index (χ2v) is 8.07.